The van der Waals surface area contributed by atoms with Crippen molar-refractivity contribution in [2.24, 2.45) is 23.7 Å². The molecular formula is C24H44N2. The van der Waals surface area contributed by atoms with Gasteiger partial charge < -0.3 is 0 Å². The first-order valence-corrected chi connectivity index (χ1v) is 11.8. The van der Waals surface area contributed by atoms with E-state index in [9.17, 15) is 0 Å². The van der Waals surface area contributed by atoms with E-state index in [1.807, 2.05) is 0 Å². The van der Waals surface area contributed by atoms with Crippen LogP contribution in [0, 0.1) is 23.7 Å². The Morgan fingerprint density at radius 3 is 1.92 bits per heavy atom. The topological polar surface area (TPSA) is 6.48 Å². The van der Waals surface area contributed by atoms with Crippen LogP contribution in [0.4, 0.5) is 0 Å². The molecule has 2 saturated carbocycles. The van der Waals surface area contributed by atoms with E-state index >= 15 is 0 Å². The van der Waals surface area contributed by atoms with Crippen molar-refractivity contribution in [3.63, 3.8) is 0 Å². The van der Waals surface area contributed by atoms with Crippen LogP contribution in [0.25, 0.3) is 0 Å². The van der Waals surface area contributed by atoms with E-state index in [1.54, 1.807) is 0 Å². The number of nitrogens with zero attached hydrogens (tertiary/aromatic N) is 2. The second-order valence-corrected chi connectivity index (χ2v) is 11.8. The highest BCUT2D eigenvalue weighted by atomic mass is 15.3. The van der Waals surface area contributed by atoms with Gasteiger partial charge in [0, 0.05) is 30.2 Å². The van der Waals surface area contributed by atoms with Crippen LogP contribution in [-0.2, 0) is 0 Å². The van der Waals surface area contributed by atoms with E-state index in [4.69, 9.17) is 0 Å². The number of fused-ring (bicyclic) bond motifs is 7. The van der Waals surface area contributed by atoms with Gasteiger partial charge in [0.2, 0.25) is 0 Å². The van der Waals surface area contributed by atoms with E-state index < -0.39 is 0 Å². The minimum absolute atomic E-state index is 0.313. The Morgan fingerprint density at radius 1 is 0.692 bits per heavy atom. The Morgan fingerprint density at radius 2 is 1.31 bits per heavy atom. The Bertz CT molecular complexity index is 477. The first kappa shape index (κ1) is 19.2. The number of likely N-dealkylation sites (tertiary alicyclic amines) is 1. The maximum Gasteiger partial charge on any atom is 0.0196 e. The largest absolute Gasteiger partial charge is 0.297 e. The van der Waals surface area contributed by atoms with Gasteiger partial charge >= 0.3 is 0 Å². The van der Waals surface area contributed by atoms with E-state index in [2.05, 4.69) is 44.4 Å². The fraction of sp³-hybridized carbons (Fsp3) is 1.00. The highest BCUT2D eigenvalue weighted by Crippen LogP contribution is 2.48. The Hall–Kier alpha value is -0.0800. The number of rotatable bonds is 2. The molecule has 5 aliphatic rings. The van der Waals surface area contributed by atoms with E-state index in [1.165, 1.54) is 77.4 Å². The number of hydrogen-bond acceptors (Lipinski definition) is 2. The van der Waals surface area contributed by atoms with Crippen LogP contribution in [0.5, 0.6) is 0 Å². The zero-order chi connectivity index (χ0) is 18.5. The maximum absolute atomic E-state index is 2.99. The predicted molar refractivity (Wildman–Crippen MR) is 111 cm³/mol. The van der Waals surface area contributed by atoms with Crippen LogP contribution in [0.3, 0.4) is 0 Å². The van der Waals surface area contributed by atoms with Gasteiger partial charge in [-0.25, -0.2) is 0 Å². The molecule has 2 aliphatic carbocycles. The summed E-state index contributed by atoms with van der Waals surface area (Å²) in [7, 11) is 0. The first-order chi connectivity index (χ1) is 12.2. The zero-order valence-corrected chi connectivity index (χ0v) is 18.3. The third-order valence-electron chi connectivity index (χ3n) is 8.85. The standard InChI is InChI=1S/C24H44N2/c1-23(2,3)26-14-13-18-11-12-22(26)21(15-18)24(4,5)25-16-19-7-6-8-20(17-25)10-9-19/h18-22H,6-17H2,1-5H3. The fourth-order valence-corrected chi connectivity index (χ4v) is 7.18. The molecule has 5 unspecified atom stereocenters. The van der Waals surface area contributed by atoms with Gasteiger partial charge in [-0.1, -0.05) is 6.42 Å². The van der Waals surface area contributed by atoms with Gasteiger partial charge in [0.25, 0.3) is 0 Å². The lowest BCUT2D eigenvalue weighted by atomic mass is 9.68. The van der Waals surface area contributed by atoms with Crippen molar-refractivity contribution < 1.29 is 0 Å². The molecule has 2 nitrogen and oxygen atoms in total. The minimum Gasteiger partial charge on any atom is -0.297 e. The third-order valence-corrected chi connectivity index (χ3v) is 8.85. The van der Waals surface area contributed by atoms with Crippen LogP contribution in [0.15, 0.2) is 0 Å². The number of hydrogen-bond donors (Lipinski definition) is 0. The van der Waals surface area contributed by atoms with Crippen molar-refractivity contribution in [1.82, 2.24) is 9.80 Å². The van der Waals surface area contributed by atoms with Crippen molar-refractivity contribution in [2.45, 2.75) is 110 Å². The molecule has 3 heterocycles. The summed E-state index contributed by atoms with van der Waals surface area (Å²) >= 11 is 0. The Balaban J connectivity index is 1.59. The summed E-state index contributed by atoms with van der Waals surface area (Å²) in [5.74, 6) is 3.78. The normalized spacial score (nSPS) is 40.3. The van der Waals surface area contributed by atoms with Crippen LogP contribution in [0.1, 0.15) is 92.4 Å². The predicted octanol–water partition coefficient (Wildman–Crippen LogP) is 5.57. The molecule has 26 heavy (non-hydrogen) atoms. The van der Waals surface area contributed by atoms with Crippen molar-refractivity contribution in [2.75, 3.05) is 19.6 Å². The summed E-state index contributed by atoms with van der Waals surface area (Å²) in [6, 6.07) is 0.798. The SMILES string of the molecule is CC(C)(C)N1CCC2CCC1C(C(C)(C)N1CC3CCCC(CC3)C1)C2. The Kier molecular flexibility index (Phi) is 5.23. The highest BCUT2D eigenvalue weighted by Gasteiger charge is 2.49. The summed E-state index contributed by atoms with van der Waals surface area (Å²) in [6.07, 6.45) is 13.3. The van der Waals surface area contributed by atoms with E-state index in [-0.39, 0.29) is 0 Å². The van der Waals surface area contributed by atoms with Crippen molar-refractivity contribution >= 4 is 0 Å². The average molecular weight is 361 g/mol. The second-order valence-electron chi connectivity index (χ2n) is 11.8. The summed E-state index contributed by atoms with van der Waals surface area (Å²) in [5.41, 5.74) is 0.670. The molecule has 4 bridgehead atoms. The molecule has 0 radical (unpaired) electrons. The molecule has 0 N–H and O–H groups in total. The third kappa shape index (κ3) is 3.62. The van der Waals surface area contributed by atoms with Gasteiger partial charge in [-0.3, -0.25) is 9.80 Å². The molecule has 0 aromatic carbocycles. The van der Waals surface area contributed by atoms with Crippen LogP contribution in [0.2, 0.25) is 0 Å². The lowest BCUT2D eigenvalue weighted by molar-refractivity contribution is -0.0402. The molecule has 0 amide bonds. The van der Waals surface area contributed by atoms with Crippen LogP contribution < -0.4 is 0 Å². The quantitative estimate of drug-likeness (QED) is 0.635. The minimum atomic E-state index is 0.313. The summed E-state index contributed by atoms with van der Waals surface area (Å²) in [4.78, 5) is 5.89. The highest BCUT2D eigenvalue weighted by molar-refractivity contribution is 5.04. The zero-order valence-electron chi connectivity index (χ0n) is 18.3. The molecule has 150 valence electrons. The van der Waals surface area contributed by atoms with Crippen LogP contribution in [-0.4, -0.2) is 46.6 Å². The molecule has 0 aromatic rings. The molecular weight excluding hydrogens is 316 g/mol. The van der Waals surface area contributed by atoms with Gasteiger partial charge in [0.05, 0.1) is 0 Å². The molecule has 5 atom stereocenters. The molecule has 3 saturated heterocycles. The summed E-state index contributed by atoms with van der Waals surface area (Å²) in [5, 5.41) is 0. The van der Waals surface area contributed by atoms with Gasteiger partial charge in [-0.05, 0) is 116 Å². The Labute approximate surface area is 163 Å². The molecule has 0 spiro atoms. The lowest BCUT2D eigenvalue weighted by Gasteiger charge is -2.54. The first-order valence-electron chi connectivity index (χ1n) is 11.8. The molecule has 5 rings (SSSR count). The van der Waals surface area contributed by atoms with Crippen LogP contribution >= 0.6 is 0 Å². The van der Waals surface area contributed by atoms with Crippen molar-refractivity contribution in [1.29, 1.82) is 0 Å². The fourth-order valence-electron chi connectivity index (χ4n) is 7.18. The van der Waals surface area contributed by atoms with Gasteiger partial charge in [-0.15, -0.1) is 0 Å². The molecule has 0 aromatic heterocycles. The van der Waals surface area contributed by atoms with E-state index in [0.29, 0.717) is 11.1 Å². The van der Waals surface area contributed by atoms with Crippen molar-refractivity contribution in [3.8, 4) is 0 Å². The van der Waals surface area contributed by atoms with Gasteiger partial charge in [-0.2, -0.15) is 0 Å². The summed E-state index contributed by atoms with van der Waals surface area (Å²) < 4.78 is 0. The van der Waals surface area contributed by atoms with E-state index in [0.717, 1.165) is 29.7 Å². The lowest BCUT2D eigenvalue weighted by Crippen LogP contribution is -2.61. The molecule has 3 aliphatic heterocycles. The second kappa shape index (κ2) is 7.07. The smallest absolute Gasteiger partial charge is 0.0196 e. The van der Waals surface area contributed by atoms with Gasteiger partial charge in [0.15, 0.2) is 0 Å². The van der Waals surface area contributed by atoms with Crippen molar-refractivity contribution in [3.05, 3.63) is 0 Å². The molecule has 5 fully saturated rings. The molecule has 2 heteroatoms. The van der Waals surface area contributed by atoms with Gasteiger partial charge in [0.1, 0.15) is 0 Å². The monoisotopic (exact) mass is 360 g/mol. The summed E-state index contributed by atoms with van der Waals surface area (Å²) in [6.45, 7) is 16.7. The average Bonchev–Trinajstić information content (AvgIpc) is 3.04. The maximum atomic E-state index is 2.99.